The Morgan fingerprint density at radius 1 is 1.05 bits per heavy atom. The lowest BCUT2D eigenvalue weighted by Crippen LogP contribution is -2.36. The predicted molar refractivity (Wildman–Crippen MR) is 86.2 cm³/mol. The summed E-state index contributed by atoms with van der Waals surface area (Å²) in [7, 11) is 0. The molecule has 21 heavy (non-hydrogen) atoms. The van der Waals surface area contributed by atoms with Crippen LogP contribution < -0.4 is 0 Å². The third-order valence-corrected chi connectivity index (χ3v) is 5.00. The largest absolute Gasteiger partial charge is 0.299 e. The van der Waals surface area contributed by atoms with Gasteiger partial charge in [0.05, 0.1) is 5.52 Å². The second-order valence-corrected chi connectivity index (χ2v) is 6.41. The van der Waals surface area contributed by atoms with Gasteiger partial charge in [-0.15, -0.1) is 0 Å². The summed E-state index contributed by atoms with van der Waals surface area (Å²) in [5, 5.41) is 1.26. The van der Waals surface area contributed by atoms with E-state index in [2.05, 4.69) is 39.0 Å². The van der Waals surface area contributed by atoms with E-state index in [1.807, 2.05) is 12.3 Å². The van der Waals surface area contributed by atoms with Crippen LogP contribution in [-0.2, 0) is 6.54 Å². The van der Waals surface area contributed by atoms with Crippen LogP contribution in [-0.4, -0.2) is 47.0 Å². The van der Waals surface area contributed by atoms with Gasteiger partial charge in [0, 0.05) is 30.7 Å². The first-order valence-electron chi connectivity index (χ1n) is 8.19. The molecule has 2 aromatic rings. The van der Waals surface area contributed by atoms with Crippen molar-refractivity contribution >= 4 is 10.9 Å². The average molecular weight is 281 g/mol. The van der Waals surface area contributed by atoms with Gasteiger partial charge in [0.2, 0.25) is 0 Å². The SMILES string of the molecule is c1cnc2c(CN3CCCN4CCCC4C3)cccc2c1. The van der Waals surface area contributed by atoms with Crippen LogP contribution in [0.2, 0.25) is 0 Å². The molecule has 1 atom stereocenters. The quantitative estimate of drug-likeness (QED) is 0.844. The molecule has 3 heterocycles. The Bertz CT molecular complexity index is 619. The van der Waals surface area contributed by atoms with Crippen molar-refractivity contribution in [3.05, 3.63) is 42.1 Å². The van der Waals surface area contributed by atoms with Crippen molar-refractivity contribution in [3.63, 3.8) is 0 Å². The molecule has 2 aliphatic rings. The van der Waals surface area contributed by atoms with Crippen molar-refractivity contribution in [1.82, 2.24) is 14.8 Å². The predicted octanol–water partition coefficient (Wildman–Crippen LogP) is 2.90. The minimum Gasteiger partial charge on any atom is -0.299 e. The van der Waals surface area contributed by atoms with Gasteiger partial charge >= 0.3 is 0 Å². The van der Waals surface area contributed by atoms with Gasteiger partial charge < -0.3 is 0 Å². The monoisotopic (exact) mass is 281 g/mol. The van der Waals surface area contributed by atoms with E-state index >= 15 is 0 Å². The maximum absolute atomic E-state index is 4.60. The van der Waals surface area contributed by atoms with Gasteiger partial charge in [-0.05, 0) is 50.5 Å². The molecular formula is C18H23N3. The van der Waals surface area contributed by atoms with Crippen LogP contribution >= 0.6 is 0 Å². The molecule has 3 heteroatoms. The minimum absolute atomic E-state index is 0.787. The molecule has 2 fully saturated rings. The normalized spacial score (nSPS) is 24.1. The number of hydrogen-bond acceptors (Lipinski definition) is 3. The van der Waals surface area contributed by atoms with Gasteiger partial charge in [-0.3, -0.25) is 14.8 Å². The van der Waals surface area contributed by atoms with E-state index in [1.165, 1.54) is 61.9 Å². The number of aromatic nitrogens is 1. The van der Waals surface area contributed by atoms with Crippen LogP contribution in [0.3, 0.4) is 0 Å². The molecule has 1 unspecified atom stereocenters. The average Bonchev–Trinajstić information content (AvgIpc) is 2.86. The van der Waals surface area contributed by atoms with Crippen LogP contribution in [0.4, 0.5) is 0 Å². The van der Waals surface area contributed by atoms with Crippen LogP contribution in [0.15, 0.2) is 36.5 Å². The second kappa shape index (κ2) is 5.74. The Hall–Kier alpha value is -1.45. The Balaban J connectivity index is 1.56. The summed E-state index contributed by atoms with van der Waals surface area (Å²) in [6.45, 7) is 6.08. The summed E-state index contributed by atoms with van der Waals surface area (Å²) in [5.41, 5.74) is 2.55. The van der Waals surface area contributed by atoms with Gasteiger partial charge in [-0.1, -0.05) is 24.3 Å². The smallest absolute Gasteiger partial charge is 0.0746 e. The Morgan fingerprint density at radius 3 is 2.95 bits per heavy atom. The first kappa shape index (κ1) is 13.2. The molecule has 0 N–H and O–H groups in total. The van der Waals surface area contributed by atoms with Gasteiger partial charge in [-0.2, -0.15) is 0 Å². The summed E-state index contributed by atoms with van der Waals surface area (Å²) in [5.74, 6) is 0. The topological polar surface area (TPSA) is 19.4 Å². The fraction of sp³-hybridized carbons (Fsp3) is 0.500. The molecule has 3 nitrogen and oxygen atoms in total. The van der Waals surface area contributed by atoms with E-state index in [0.717, 1.165) is 12.6 Å². The lowest BCUT2D eigenvalue weighted by Gasteiger charge is -2.25. The summed E-state index contributed by atoms with van der Waals surface area (Å²) >= 11 is 0. The van der Waals surface area contributed by atoms with Gasteiger partial charge in [-0.25, -0.2) is 0 Å². The maximum Gasteiger partial charge on any atom is 0.0746 e. The Kier molecular flexibility index (Phi) is 3.62. The third-order valence-electron chi connectivity index (χ3n) is 5.00. The zero-order valence-corrected chi connectivity index (χ0v) is 12.5. The number of para-hydroxylation sites is 1. The lowest BCUT2D eigenvalue weighted by molar-refractivity contribution is 0.216. The molecule has 2 saturated heterocycles. The standard InChI is InChI=1S/C18H23N3/c1-5-15-7-2-9-19-18(15)16(6-1)13-20-10-4-12-21-11-3-8-17(21)14-20/h1-2,5-7,9,17H,3-4,8,10-14H2. The number of pyridine rings is 1. The number of hydrogen-bond donors (Lipinski definition) is 0. The highest BCUT2D eigenvalue weighted by atomic mass is 15.3. The molecule has 4 rings (SSSR count). The van der Waals surface area contributed by atoms with Crippen LogP contribution in [0, 0.1) is 0 Å². The molecule has 0 spiro atoms. The number of fused-ring (bicyclic) bond motifs is 2. The van der Waals surface area contributed by atoms with Crippen LogP contribution in [0.5, 0.6) is 0 Å². The van der Waals surface area contributed by atoms with Crippen molar-refractivity contribution in [1.29, 1.82) is 0 Å². The summed E-state index contributed by atoms with van der Waals surface area (Å²) < 4.78 is 0. The van der Waals surface area contributed by atoms with Crippen LogP contribution in [0.25, 0.3) is 10.9 Å². The molecule has 0 bridgehead atoms. The molecular weight excluding hydrogens is 258 g/mol. The lowest BCUT2D eigenvalue weighted by atomic mass is 10.1. The minimum atomic E-state index is 0.787. The number of nitrogens with zero attached hydrogens (tertiary/aromatic N) is 3. The number of benzene rings is 1. The van der Waals surface area contributed by atoms with Crippen molar-refractivity contribution in [3.8, 4) is 0 Å². The third kappa shape index (κ3) is 2.68. The number of rotatable bonds is 2. The van der Waals surface area contributed by atoms with E-state index < -0.39 is 0 Å². The van der Waals surface area contributed by atoms with Crippen molar-refractivity contribution in [2.24, 2.45) is 0 Å². The van der Waals surface area contributed by atoms with E-state index in [1.54, 1.807) is 0 Å². The molecule has 2 aliphatic heterocycles. The van der Waals surface area contributed by atoms with E-state index in [9.17, 15) is 0 Å². The van der Waals surface area contributed by atoms with Gasteiger partial charge in [0.1, 0.15) is 0 Å². The summed E-state index contributed by atoms with van der Waals surface area (Å²) in [6, 6.07) is 11.5. The highest BCUT2D eigenvalue weighted by Gasteiger charge is 2.28. The zero-order valence-electron chi connectivity index (χ0n) is 12.5. The summed E-state index contributed by atoms with van der Waals surface area (Å²) in [4.78, 5) is 9.93. The zero-order chi connectivity index (χ0) is 14.1. The van der Waals surface area contributed by atoms with Gasteiger partial charge in [0.25, 0.3) is 0 Å². The van der Waals surface area contributed by atoms with E-state index in [0.29, 0.717) is 0 Å². The first-order chi connectivity index (χ1) is 10.4. The Labute approximate surface area is 126 Å². The molecule has 0 aliphatic carbocycles. The highest BCUT2D eigenvalue weighted by molar-refractivity contribution is 5.81. The van der Waals surface area contributed by atoms with Crippen molar-refractivity contribution in [2.75, 3.05) is 26.2 Å². The first-order valence-corrected chi connectivity index (χ1v) is 8.19. The van der Waals surface area contributed by atoms with Crippen LogP contribution in [0.1, 0.15) is 24.8 Å². The fourth-order valence-corrected chi connectivity index (χ4v) is 3.96. The molecule has 0 saturated carbocycles. The van der Waals surface area contributed by atoms with Crippen molar-refractivity contribution < 1.29 is 0 Å². The molecule has 1 aromatic heterocycles. The molecule has 0 amide bonds. The fourth-order valence-electron chi connectivity index (χ4n) is 3.96. The van der Waals surface area contributed by atoms with E-state index in [-0.39, 0.29) is 0 Å². The molecule has 1 aromatic carbocycles. The van der Waals surface area contributed by atoms with E-state index in [4.69, 9.17) is 0 Å². The molecule has 110 valence electrons. The molecule has 0 radical (unpaired) electrons. The highest BCUT2D eigenvalue weighted by Crippen LogP contribution is 2.24. The van der Waals surface area contributed by atoms with Crippen molar-refractivity contribution in [2.45, 2.75) is 31.8 Å². The summed E-state index contributed by atoms with van der Waals surface area (Å²) in [6.07, 6.45) is 5.97. The Morgan fingerprint density at radius 2 is 1.95 bits per heavy atom. The second-order valence-electron chi connectivity index (χ2n) is 6.41. The van der Waals surface area contributed by atoms with Gasteiger partial charge in [0.15, 0.2) is 0 Å². The maximum atomic E-state index is 4.60.